The van der Waals surface area contributed by atoms with Gasteiger partial charge in [-0.25, -0.2) is 4.68 Å². The Kier molecular flexibility index (Phi) is 3.80. The first-order valence-electron chi connectivity index (χ1n) is 7.73. The summed E-state index contributed by atoms with van der Waals surface area (Å²) in [6, 6.07) is 4.94. The Morgan fingerprint density at radius 1 is 1.19 bits per heavy atom. The van der Waals surface area contributed by atoms with Crippen LogP contribution in [-0.2, 0) is 12.7 Å². The van der Waals surface area contributed by atoms with Gasteiger partial charge in [-0.2, -0.15) is 18.3 Å². The average Bonchev–Trinajstić information content (AvgIpc) is 3.08. The van der Waals surface area contributed by atoms with Gasteiger partial charge < -0.3 is 0 Å². The van der Waals surface area contributed by atoms with E-state index in [0.717, 1.165) is 12.3 Å². The minimum Gasteiger partial charge on any atom is -0.298 e. The number of carbonyl (C=O) groups excluding carboxylic acids is 1. The van der Waals surface area contributed by atoms with Crippen LogP contribution in [0.5, 0.6) is 0 Å². The van der Waals surface area contributed by atoms with Gasteiger partial charge in [-0.05, 0) is 23.8 Å². The van der Waals surface area contributed by atoms with Crippen LogP contribution in [0.3, 0.4) is 0 Å². The second-order valence-corrected chi connectivity index (χ2v) is 5.80. The Bertz CT molecular complexity index is 951. The molecule has 0 aliphatic carbocycles. The molecule has 0 saturated heterocycles. The summed E-state index contributed by atoms with van der Waals surface area (Å²) < 4.78 is 39.5. The van der Waals surface area contributed by atoms with E-state index >= 15 is 0 Å². The fraction of sp³-hybridized carbons (Fsp3) is 0.176. The Hall–Kier alpha value is -3.07. The molecule has 0 saturated carbocycles. The summed E-state index contributed by atoms with van der Waals surface area (Å²) in [5, 5.41) is 7.38. The summed E-state index contributed by atoms with van der Waals surface area (Å²) in [7, 11) is 0. The molecule has 0 fully saturated rings. The van der Waals surface area contributed by atoms with Crippen molar-refractivity contribution < 1.29 is 18.0 Å². The van der Waals surface area contributed by atoms with Gasteiger partial charge in [-0.1, -0.05) is 6.07 Å². The normalized spacial score (nSPS) is 17.2. The van der Waals surface area contributed by atoms with Crippen LogP contribution < -0.4 is 5.32 Å². The Balaban J connectivity index is 1.63. The summed E-state index contributed by atoms with van der Waals surface area (Å²) >= 11 is 0. The van der Waals surface area contributed by atoms with Gasteiger partial charge in [0, 0.05) is 25.1 Å². The molecule has 9 heteroatoms. The summed E-state index contributed by atoms with van der Waals surface area (Å²) in [5.41, 5.74) is 1.10. The number of alkyl halides is 3. The predicted octanol–water partition coefficient (Wildman–Crippen LogP) is 2.71. The topological polar surface area (TPSA) is 72.7 Å². The first-order valence-corrected chi connectivity index (χ1v) is 7.73. The van der Waals surface area contributed by atoms with Crippen LogP contribution in [0.15, 0.2) is 49.1 Å². The summed E-state index contributed by atoms with van der Waals surface area (Å²) in [6.45, 7) is 0.319. The van der Waals surface area contributed by atoms with Gasteiger partial charge in [0.05, 0.1) is 29.2 Å². The highest BCUT2D eigenvalue weighted by Crippen LogP contribution is 2.30. The molecule has 1 N–H and O–H groups in total. The van der Waals surface area contributed by atoms with Crippen molar-refractivity contribution in [1.29, 1.82) is 0 Å². The monoisotopic (exact) mass is 359 g/mol. The van der Waals surface area contributed by atoms with E-state index in [4.69, 9.17) is 0 Å². The molecule has 0 aromatic carbocycles. The maximum Gasteiger partial charge on any atom is 0.433 e. The van der Waals surface area contributed by atoms with E-state index in [-0.39, 0.29) is 5.78 Å². The molecule has 3 aromatic heterocycles. The molecular formula is C17H12F3N5O. The summed E-state index contributed by atoms with van der Waals surface area (Å²) in [6.07, 6.45) is 1.43. The van der Waals surface area contributed by atoms with E-state index in [1.165, 1.54) is 6.07 Å². The molecule has 26 heavy (non-hydrogen) atoms. The lowest BCUT2D eigenvalue weighted by atomic mass is 9.95. The Morgan fingerprint density at radius 3 is 2.69 bits per heavy atom. The number of pyridine rings is 2. The number of hydrogen-bond acceptors (Lipinski definition) is 5. The van der Waals surface area contributed by atoms with Crippen molar-refractivity contribution in [3.05, 3.63) is 71.6 Å². The number of carbonyl (C=O) groups is 1. The molecule has 0 radical (unpaired) electrons. The van der Waals surface area contributed by atoms with Crippen LogP contribution in [0.4, 0.5) is 13.2 Å². The van der Waals surface area contributed by atoms with E-state index in [0.29, 0.717) is 29.1 Å². The van der Waals surface area contributed by atoms with Crippen LogP contribution in [0.25, 0.3) is 5.69 Å². The van der Waals surface area contributed by atoms with Gasteiger partial charge in [0.2, 0.25) is 0 Å². The standard InChI is InChI=1S/C17H12F3N5O/c18-17(19,20)14-4-3-10(6-22-14)15-16(26)12-9-25(24-13(12)8-23-15)11-2-1-5-21-7-11/h1-7,9,15,23H,8H2. The molecule has 4 heterocycles. The number of ketones is 1. The number of halogens is 3. The first kappa shape index (κ1) is 16.4. The van der Waals surface area contributed by atoms with Crippen LogP contribution in [-0.4, -0.2) is 25.5 Å². The van der Waals surface area contributed by atoms with Crippen LogP contribution in [0.2, 0.25) is 0 Å². The Morgan fingerprint density at radius 2 is 2.04 bits per heavy atom. The molecule has 1 unspecified atom stereocenters. The van der Waals surface area contributed by atoms with E-state index < -0.39 is 17.9 Å². The van der Waals surface area contributed by atoms with E-state index in [1.807, 2.05) is 0 Å². The third kappa shape index (κ3) is 2.86. The van der Waals surface area contributed by atoms with Gasteiger partial charge in [-0.3, -0.25) is 20.1 Å². The third-order valence-corrected chi connectivity index (χ3v) is 4.11. The fourth-order valence-corrected chi connectivity index (χ4v) is 2.83. The van der Waals surface area contributed by atoms with Gasteiger partial charge in [-0.15, -0.1) is 0 Å². The van der Waals surface area contributed by atoms with E-state index in [1.54, 1.807) is 35.4 Å². The molecule has 132 valence electrons. The molecule has 0 amide bonds. The highest BCUT2D eigenvalue weighted by Gasteiger charge is 2.34. The number of Topliss-reactive ketones (excluding diaryl/α,β-unsaturated/α-hetero) is 1. The minimum atomic E-state index is -4.51. The molecular weight excluding hydrogens is 347 g/mol. The van der Waals surface area contributed by atoms with Crippen molar-refractivity contribution >= 4 is 5.78 Å². The molecule has 3 aromatic rings. The quantitative estimate of drug-likeness (QED) is 0.762. The molecule has 0 bridgehead atoms. The lowest BCUT2D eigenvalue weighted by Gasteiger charge is -2.22. The van der Waals surface area contributed by atoms with E-state index in [9.17, 15) is 18.0 Å². The smallest absolute Gasteiger partial charge is 0.298 e. The van der Waals surface area contributed by atoms with Crippen molar-refractivity contribution in [2.24, 2.45) is 0 Å². The maximum atomic E-state index is 12.8. The van der Waals surface area contributed by atoms with Gasteiger partial charge in [0.15, 0.2) is 5.78 Å². The predicted molar refractivity (Wildman–Crippen MR) is 84.5 cm³/mol. The van der Waals surface area contributed by atoms with Gasteiger partial charge >= 0.3 is 6.18 Å². The minimum absolute atomic E-state index is 0.261. The first-order chi connectivity index (χ1) is 12.4. The molecule has 1 aliphatic rings. The summed E-state index contributed by atoms with van der Waals surface area (Å²) in [5.74, 6) is -0.261. The fourth-order valence-electron chi connectivity index (χ4n) is 2.83. The van der Waals surface area contributed by atoms with Crippen LogP contribution in [0.1, 0.15) is 33.4 Å². The number of nitrogens with one attached hydrogen (secondary N) is 1. The summed E-state index contributed by atoms with van der Waals surface area (Å²) in [4.78, 5) is 20.2. The van der Waals surface area contributed by atoms with Crippen molar-refractivity contribution in [2.45, 2.75) is 18.8 Å². The van der Waals surface area contributed by atoms with E-state index in [2.05, 4.69) is 20.4 Å². The number of rotatable bonds is 2. The van der Waals surface area contributed by atoms with Gasteiger partial charge in [0.1, 0.15) is 5.69 Å². The molecule has 6 nitrogen and oxygen atoms in total. The maximum absolute atomic E-state index is 12.8. The lowest BCUT2D eigenvalue weighted by molar-refractivity contribution is -0.141. The third-order valence-electron chi connectivity index (χ3n) is 4.11. The van der Waals surface area contributed by atoms with Crippen molar-refractivity contribution in [1.82, 2.24) is 25.1 Å². The van der Waals surface area contributed by atoms with Crippen molar-refractivity contribution in [3.8, 4) is 5.69 Å². The van der Waals surface area contributed by atoms with Crippen LogP contribution >= 0.6 is 0 Å². The number of hydrogen-bond donors (Lipinski definition) is 1. The second-order valence-electron chi connectivity index (χ2n) is 5.80. The Labute approximate surface area is 145 Å². The second kappa shape index (κ2) is 6.03. The SMILES string of the molecule is O=C1c2cn(-c3cccnc3)nc2CNC1c1ccc(C(F)(F)F)nc1. The lowest BCUT2D eigenvalue weighted by Crippen LogP contribution is -2.34. The largest absolute Gasteiger partial charge is 0.433 e. The molecule has 4 rings (SSSR count). The molecule has 1 aliphatic heterocycles. The van der Waals surface area contributed by atoms with Crippen LogP contribution in [0, 0.1) is 0 Å². The zero-order valence-electron chi connectivity index (χ0n) is 13.2. The number of fused-ring (bicyclic) bond motifs is 1. The molecule has 0 spiro atoms. The van der Waals surface area contributed by atoms with Crippen molar-refractivity contribution in [3.63, 3.8) is 0 Å². The van der Waals surface area contributed by atoms with Crippen molar-refractivity contribution in [2.75, 3.05) is 0 Å². The zero-order valence-corrected chi connectivity index (χ0v) is 13.2. The highest BCUT2D eigenvalue weighted by atomic mass is 19.4. The molecule has 1 atom stereocenters. The highest BCUT2D eigenvalue weighted by molar-refractivity contribution is 6.02. The van der Waals surface area contributed by atoms with Gasteiger partial charge in [0.25, 0.3) is 0 Å². The number of nitrogens with zero attached hydrogens (tertiary/aromatic N) is 4. The number of aromatic nitrogens is 4. The average molecular weight is 359 g/mol. The zero-order chi connectivity index (χ0) is 18.3.